The number of ether oxygens (including phenoxy) is 9. The lowest BCUT2D eigenvalue weighted by molar-refractivity contribution is -0.277. The fraction of sp³-hybridized carbons (Fsp3) is 0.373. The summed E-state index contributed by atoms with van der Waals surface area (Å²) >= 11 is 0. The number of aromatic nitrogens is 3. The zero-order chi connectivity index (χ0) is 63.4. The van der Waals surface area contributed by atoms with Crippen LogP contribution < -0.4 is 42.7 Å². The van der Waals surface area contributed by atoms with Gasteiger partial charge in [0.15, 0.2) is 50.1 Å². The van der Waals surface area contributed by atoms with Crippen LogP contribution in [0.3, 0.4) is 0 Å². The van der Waals surface area contributed by atoms with Crippen molar-refractivity contribution in [1.82, 2.24) is 25.6 Å². The molecule has 2 amide bonds. The van der Waals surface area contributed by atoms with E-state index in [9.17, 15) is 51.6 Å². The molecule has 2 heterocycles. The highest BCUT2D eigenvalue weighted by Gasteiger charge is 2.45. The topological polar surface area (TPSA) is 357 Å². The van der Waals surface area contributed by atoms with E-state index in [0.717, 1.165) is 17.7 Å². The number of carbonyl (C=O) groups is 3. The van der Waals surface area contributed by atoms with Crippen molar-refractivity contribution in [2.45, 2.75) is 62.0 Å². The van der Waals surface area contributed by atoms with Crippen LogP contribution in [0.2, 0.25) is 0 Å². The van der Waals surface area contributed by atoms with Crippen LogP contribution in [0.5, 0.6) is 40.2 Å². The van der Waals surface area contributed by atoms with E-state index < -0.39 is 80.9 Å². The number of amides is 2. The summed E-state index contributed by atoms with van der Waals surface area (Å²) in [7, 11) is -3.04. The maximum Gasteiger partial charge on any atom is 0.501 e. The Kier molecular flexibility index (Phi) is 24.6. The normalized spacial score (nSPS) is 16.8. The SMILES string of the molecule is COc1ccc(/C=C\c2cc(OC)c(OC)c(OC)c2)cc1OS(=O)(=O)Oc1cc(C(=O)NCCOCCOCCOCCn2cc(CNC(=O)c3ccc(C(=O)CCS(=O)(=O)c4ccc(C)cc4)cc3)nn2)ccc1OC1O[C@H](CO)[C@H](O)[C@H](O)[C@H]1O. The molecule has 1 aliphatic heterocycles. The minimum absolute atomic E-state index is 0.00703. The molecule has 0 aliphatic carbocycles. The standard InChI is InChI=1S/C59H69N5O22S2/c1-37-6-16-44(17-7-37)87(72,73)29-20-45(66)40-11-13-41(14-12-40)57(70)61-34-43-35-64(63-62-43)22-24-81-26-28-82-27-25-80-23-21-60-58(71)42-15-19-47(83-59-55(69)54(68)53(67)52(36-65)84-59)49(33-42)86-88(74,75)85-48-30-38(10-18-46(48)76-2)8-9-39-31-50(77-3)56(79-5)51(32-39)78-4/h6-19,30-33,35,52-55,59,65,67-69H,20-29,34,36H2,1-5H3,(H,60,71)(H,61,70)/b9-8-/t52-,53+,54+,55-,59?/m1/s1. The first-order valence-electron chi connectivity index (χ1n) is 27.3. The number of rotatable bonds is 34. The molecule has 1 unspecified atom stereocenters. The fourth-order valence-electron chi connectivity index (χ4n) is 8.47. The van der Waals surface area contributed by atoms with E-state index in [2.05, 4.69) is 20.9 Å². The summed E-state index contributed by atoms with van der Waals surface area (Å²) in [6.07, 6.45) is -3.82. The smallest absolute Gasteiger partial charge is 0.493 e. The van der Waals surface area contributed by atoms with Crippen molar-refractivity contribution < 1.29 is 103 Å². The second kappa shape index (κ2) is 32.1. The van der Waals surface area contributed by atoms with E-state index in [1.165, 1.54) is 83.0 Å². The largest absolute Gasteiger partial charge is 0.501 e. The van der Waals surface area contributed by atoms with Gasteiger partial charge in [0.05, 0.1) is 105 Å². The molecule has 5 aromatic carbocycles. The third kappa shape index (κ3) is 18.9. The summed E-state index contributed by atoms with van der Waals surface area (Å²) < 4.78 is 115. The lowest BCUT2D eigenvalue weighted by Crippen LogP contribution is -2.60. The van der Waals surface area contributed by atoms with Gasteiger partial charge in [-0.25, -0.2) is 13.1 Å². The quantitative estimate of drug-likeness (QED) is 0.0192. The summed E-state index contributed by atoms with van der Waals surface area (Å²) in [6.45, 7) is 2.74. The first kappa shape index (κ1) is 67.3. The van der Waals surface area contributed by atoms with Gasteiger partial charge in [-0.1, -0.05) is 53.3 Å². The molecule has 1 fully saturated rings. The number of hydrogen-bond acceptors (Lipinski definition) is 24. The van der Waals surface area contributed by atoms with E-state index in [4.69, 9.17) is 51.0 Å². The average Bonchev–Trinajstić information content (AvgIpc) is 3.92. The maximum atomic E-state index is 13.7. The van der Waals surface area contributed by atoms with Gasteiger partial charge < -0.3 is 82.1 Å². The molecule has 27 nitrogen and oxygen atoms in total. The molecule has 1 aromatic heterocycles. The highest BCUT2D eigenvalue weighted by Crippen LogP contribution is 2.40. The Morgan fingerprint density at radius 3 is 1.85 bits per heavy atom. The predicted octanol–water partition coefficient (Wildman–Crippen LogP) is 3.13. The predicted molar refractivity (Wildman–Crippen MR) is 314 cm³/mol. The number of aliphatic hydroxyl groups excluding tert-OH is 4. The molecule has 0 bridgehead atoms. The summed E-state index contributed by atoms with van der Waals surface area (Å²) in [5, 5.41) is 54.7. The molecule has 0 radical (unpaired) electrons. The molecule has 0 saturated carbocycles. The number of ketones is 1. The molecule has 7 rings (SSSR count). The number of aliphatic hydroxyl groups is 4. The van der Waals surface area contributed by atoms with Crippen LogP contribution in [-0.4, -0.2) is 188 Å². The van der Waals surface area contributed by atoms with Gasteiger partial charge in [-0.2, -0.15) is 0 Å². The Bertz CT molecular complexity index is 3540. The monoisotopic (exact) mass is 1260 g/mol. The molecule has 1 aliphatic rings. The molecule has 5 atom stereocenters. The van der Waals surface area contributed by atoms with Gasteiger partial charge in [-0.05, 0) is 84.8 Å². The number of nitrogens with one attached hydrogen (secondary N) is 2. The first-order chi connectivity index (χ1) is 42.2. The van der Waals surface area contributed by atoms with Crippen molar-refractivity contribution in [2.24, 2.45) is 0 Å². The third-order valence-corrected chi connectivity index (χ3v) is 15.7. The van der Waals surface area contributed by atoms with E-state index in [1.54, 1.807) is 53.4 Å². The Hall–Kier alpha value is -8.23. The highest BCUT2D eigenvalue weighted by molar-refractivity contribution is 7.91. The lowest BCUT2D eigenvalue weighted by Gasteiger charge is -2.39. The molecule has 6 N–H and O–H groups in total. The number of sulfone groups is 1. The van der Waals surface area contributed by atoms with Crippen LogP contribution in [0.4, 0.5) is 0 Å². The molecule has 88 heavy (non-hydrogen) atoms. The second-order valence-corrected chi connectivity index (χ2v) is 22.6. The molecule has 0 spiro atoms. The minimum atomic E-state index is -5.12. The summed E-state index contributed by atoms with van der Waals surface area (Å²) in [5.41, 5.74) is 2.98. The molecular formula is C59H69N5O22S2. The van der Waals surface area contributed by atoms with E-state index in [1.807, 2.05) is 6.92 Å². The number of aryl methyl sites for hydroxylation is 1. The van der Waals surface area contributed by atoms with Crippen molar-refractivity contribution >= 4 is 50.0 Å². The Labute approximate surface area is 507 Å². The van der Waals surface area contributed by atoms with Gasteiger partial charge in [0, 0.05) is 29.7 Å². The van der Waals surface area contributed by atoms with E-state index >= 15 is 0 Å². The molecule has 474 valence electrons. The van der Waals surface area contributed by atoms with Crippen molar-refractivity contribution in [2.75, 3.05) is 87.0 Å². The Morgan fingerprint density at radius 1 is 0.625 bits per heavy atom. The van der Waals surface area contributed by atoms with Gasteiger partial charge in [0.1, 0.15) is 30.1 Å². The molecule has 1 saturated heterocycles. The minimum Gasteiger partial charge on any atom is -0.493 e. The number of benzene rings is 5. The van der Waals surface area contributed by atoms with Crippen molar-refractivity contribution in [3.8, 4) is 40.2 Å². The zero-order valence-electron chi connectivity index (χ0n) is 48.6. The van der Waals surface area contributed by atoms with Gasteiger partial charge in [-0.15, -0.1) is 13.5 Å². The van der Waals surface area contributed by atoms with Crippen molar-refractivity contribution in [1.29, 1.82) is 0 Å². The van der Waals surface area contributed by atoms with Crippen LogP contribution in [0, 0.1) is 6.92 Å². The number of nitrogens with zero attached hydrogens (tertiary/aromatic N) is 3. The van der Waals surface area contributed by atoms with Gasteiger partial charge in [0.25, 0.3) is 11.8 Å². The summed E-state index contributed by atoms with van der Waals surface area (Å²) in [6, 6.07) is 23.6. The van der Waals surface area contributed by atoms with Gasteiger partial charge in [-0.3, -0.25) is 14.4 Å². The van der Waals surface area contributed by atoms with Gasteiger partial charge >= 0.3 is 10.4 Å². The summed E-state index contributed by atoms with van der Waals surface area (Å²) in [4.78, 5) is 39.1. The van der Waals surface area contributed by atoms with Gasteiger partial charge in [0.2, 0.25) is 12.0 Å². The Morgan fingerprint density at radius 2 is 1.20 bits per heavy atom. The first-order valence-corrected chi connectivity index (χ1v) is 30.3. The highest BCUT2D eigenvalue weighted by atomic mass is 32.3. The fourth-order valence-corrected chi connectivity index (χ4v) is 10.4. The van der Waals surface area contributed by atoms with Crippen LogP contribution >= 0.6 is 0 Å². The zero-order valence-corrected chi connectivity index (χ0v) is 50.3. The molecule has 6 aromatic rings. The van der Waals surface area contributed by atoms with E-state index in [-0.39, 0.29) is 98.2 Å². The van der Waals surface area contributed by atoms with Crippen LogP contribution in [0.15, 0.2) is 108 Å². The molecular weight excluding hydrogens is 1190 g/mol. The van der Waals surface area contributed by atoms with Crippen LogP contribution in [0.1, 0.15) is 59.9 Å². The second-order valence-electron chi connectivity index (χ2n) is 19.4. The third-order valence-electron chi connectivity index (χ3n) is 13.2. The molecule has 29 heteroatoms. The van der Waals surface area contributed by atoms with Crippen LogP contribution in [-0.2, 0) is 52.3 Å². The number of carbonyl (C=O) groups excluding carboxylic acids is 3. The Balaban J connectivity index is 0.829. The number of methoxy groups -OCH3 is 4. The number of hydrogen-bond donors (Lipinski definition) is 6. The maximum absolute atomic E-state index is 13.7. The lowest BCUT2D eigenvalue weighted by atomic mass is 9.99. The van der Waals surface area contributed by atoms with Crippen molar-refractivity contribution in [3.63, 3.8) is 0 Å². The summed E-state index contributed by atoms with van der Waals surface area (Å²) in [5.74, 6) is -1.97. The number of Topliss-reactive ketones (excluding diaryl/α,β-unsaturated/α-hetero) is 1. The average molecular weight is 1260 g/mol. The van der Waals surface area contributed by atoms with Crippen LogP contribution in [0.25, 0.3) is 12.2 Å². The van der Waals surface area contributed by atoms with Crippen molar-refractivity contribution in [3.05, 3.63) is 142 Å². The van der Waals surface area contributed by atoms with E-state index in [0.29, 0.717) is 46.2 Å².